The molecular formula is C17H17NO5. The van der Waals surface area contributed by atoms with Crippen molar-refractivity contribution < 1.29 is 19.2 Å². The van der Waals surface area contributed by atoms with Gasteiger partial charge >= 0.3 is 5.97 Å². The Morgan fingerprint density at radius 1 is 1.22 bits per heavy atom. The van der Waals surface area contributed by atoms with E-state index in [9.17, 15) is 14.9 Å². The van der Waals surface area contributed by atoms with Gasteiger partial charge in [-0.3, -0.25) is 10.1 Å². The molecule has 0 aliphatic carbocycles. The van der Waals surface area contributed by atoms with Crippen molar-refractivity contribution in [2.75, 3.05) is 7.11 Å². The number of carbonyl (C=O) groups is 1. The van der Waals surface area contributed by atoms with Crippen LogP contribution in [0.3, 0.4) is 0 Å². The van der Waals surface area contributed by atoms with Crippen molar-refractivity contribution in [3.8, 4) is 0 Å². The highest BCUT2D eigenvalue weighted by Crippen LogP contribution is 2.23. The molecule has 0 saturated carbocycles. The van der Waals surface area contributed by atoms with Crippen molar-refractivity contribution in [2.45, 2.75) is 19.6 Å². The summed E-state index contributed by atoms with van der Waals surface area (Å²) in [7, 11) is 1.58. The second kappa shape index (κ2) is 7.51. The second-order valence-corrected chi connectivity index (χ2v) is 5.03. The molecular weight excluding hydrogens is 298 g/mol. The van der Waals surface area contributed by atoms with Crippen LogP contribution in [0.2, 0.25) is 0 Å². The first-order valence-corrected chi connectivity index (χ1v) is 7.04. The second-order valence-electron chi connectivity index (χ2n) is 5.03. The van der Waals surface area contributed by atoms with Crippen molar-refractivity contribution in [1.29, 1.82) is 0 Å². The highest BCUT2D eigenvalue weighted by Gasteiger charge is 2.16. The fraction of sp³-hybridized carbons (Fsp3) is 0.235. The molecule has 0 N–H and O–H groups in total. The monoisotopic (exact) mass is 315 g/mol. The van der Waals surface area contributed by atoms with E-state index in [1.807, 2.05) is 6.07 Å². The molecule has 0 fully saturated rings. The topological polar surface area (TPSA) is 78.7 Å². The van der Waals surface area contributed by atoms with Gasteiger partial charge in [0, 0.05) is 19.2 Å². The molecule has 120 valence electrons. The number of hydrogen-bond acceptors (Lipinski definition) is 5. The fourth-order valence-corrected chi connectivity index (χ4v) is 2.14. The Kier molecular flexibility index (Phi) is 5.43. The molecule has 2 aromatic carbocycles. The number of nitro groups is 1. The maximum atomic E-state index is 12.2. The predicted octanol–water partition coefficient (Wildman–Crippen LogP) is 3.66. The van der Waals surface area contributed by atoms with Crippen molar-refractivity contribution in [3.05, 3.63) is 75.3 Å². The summed E-state index contributed by atoms with van der Waals surface area (Å²) in [5.41, 5.74) is 1.81. The molecule has 0 amide bonds. The smallest absolute Gasteiger partial charge is 0.338 e. The highest BCUT2D eigenvalue weighted by molar-refractivity contribution is 5.89. The molecule has 0 spiro atoms. The molecule has 0 aromatic heterocycles. The van der Waals surface area contributed by atoms with Gasteiger partial charge in [-0.1, -0.05) is 24.3 Å². The van der Waals surface area contributed by atoms with Crippen LogP contribution in [-0.4, -0.2) is 18.0 Å². The Bertz CT molecular complexity index is 714. The molecule has 23 heavy (non-hydrogen) atoms. The van der Waals surface area contributed by atoms with E-state index >= 15 is 0 Å². The standard InChI is InChI=1S/C17H17NO5/c1-12(14-6-4-8-16(10-14)18(20)21)23-17(19)15-7-3-5-13(9-15)11-22-2/h3-10,12H,11H2,1-2H3/t12-/m0/s1. The normalized spacial score (nSPS) is 11.7. The zero-order chi connectivity index (χ0) is 16.8. The van der Waals surface area contributed by atoms with Gasteiger partial charge in [0.1, 0.15) is 6.10 Å². The number of nitro benzene ring substituents is 1. The Hall–Kier alpha value is -2.73. The number of carbonyl (C=O) groups excluding carboxylic acids is 1. The van der Waals surface area contributed by atoms with Crippen LogP contribution in [0.1, 0.15) is 34.5 Å². The van der Waals surface area contributed by atoms with E-state index < -0.39 is 17.0 Å². The molecule has 6 nitrogen and oxygen atoms in total. The molecule has 2 aromatic rings. The van der Waals surface area contributed by atoms with Crippen molar-refractivity contribution in [2.24, 2.45) is 0 Å². The molecule has 6 heteroatoms. The molecule has 0 unspecified atom stereocenters. The Balaban J connectivity index is 2.11. The molecule has 0 radical (unpaired) electrons. The van der Waals surface area contributed by atoms with Crippen LogP contribution >= 0.6 is 0 Å². The minimum absolute atomic E-state index is 0.0347. The Morgan fingerprint density at radius 2 is 1.96 bits per heavy atom. The number of benzene rings is 2. The van der Waals surface area contributed by atoms with E-state index in [0.717, 1.165) is 5.56 Å². The maximum absolute atomic E-state index is 12.2. The summed E-state index contributed by atoms with van der Waals surface area (Å²) in [6, 6.07) is 13.0. The molecule has 0 saturated heterocycles. The average Bonchev–Trinajstić information content (AvgIpc) is 2.55. The lowest BCUT2D eigenvalue weighted by Crippen LogP contribution is -2.10. The number of non-ortho nitro benzene ring substituents is 1. The van der Waals surface area contributed by atoms with E-state index in [0.29, 0.717) is 17.7 Å². The van der Waals surface area contributed by atoms with E-state index in [2.05, 4.69) is 0 Å². The van der Waals surface area contributed by atoms with Gasteiger partial charge in [-0.15, -0.1) is 0 Å². The number of ether oxygens (including phenoxy) is 2. The van der Waals surface area contributed by atoms with Gasteiger partial charge in [0.15, 0.2) is 0 Å². The average molecular weight is 315 g/mol. The van der Waals surface area contributed by atoms with Crippen molar-refractivity contribution >= 4 is 11.7 Å². The molecule has 2 rings (SSSR count). The van der Waals surface area contributed by atoms with Crippen LogP contribution in [0.15, 0.2) is 48.5 Å². The summed E-state index contributed by atoms with van der Waals surface area (Å²) in [5.74, 6) is -0.484. The lowest BCUT2D eigenvalue weighted by Gasteiger charge is -2.14. The zero-order valence-corrected chi connectivity index (χ0v) is 12.9. The first kappa shape index (κ1) is 16.6. The van der Waals surface area contributed by atoms with Gasteiger partial charge in [0.05, 0.1) is 17.1 Å². The number of hydrogen-bond donors (Lipinski definition) is 0. The first-order valence-electron chi connectivity index (χ1n) is 7.04. The number of esters is 1. The summed E-state index contributed by atoms with van der Waals surface area (Å²) in [6.45, 7) is 2.08. The van der Waals surface area contributed by atoms with Gasteiger partial charge in [0.25, 0.3) is 5.69 Å². The first-order chi connectivity index (χ1) is 11.0. The van der Waals surface area contributed by atoms with E-state index in [1.165, 1.54) is 12.1 Å². The molecule has 0 aliphatic rings. The largest absolute Gasteiger partial charge is 0.454 e. The lowest BCUT2D eigenvalue weighted by atomic mass is 10.1. The summed E-state index contributed by atoms with van der Waals surface area (Å²) in [5, 5.41) is 10.8. The predicted molar refractivity (Wildman–Crippen MR) is 84.1 cm³/mol. The van der Waals surface area contributed by atoms with E-state index in [-0.39, 0.29) is 5.69 Å². The minimum Gasteiger partial charge on any atom is -0.454 e. The summed E-state index contributed by atoms with van der Waals surface area (Å²) in [4.78, 5) is 22.5. The summed E-state index contributed by atoms with van der Waals surface area (Å²) in [6.07, 6.45) is -0.589. The molecule has 1 atom stereocenters. The minimum atomic E-state index is -0.589. The van der Waals surface area contributed by atoms with E-state index in [4.69, 9.17) is 9.47 Å². The fourth-order valence-electron chi connectivity index (χ4n) is 2.14. The summed E-state index contributed by atoms with van der Waals surface area (Å²) < 4.78 is 10.4. The van der Waals surface area contributed by atoms with Crippen molar-refractivity contribution in [1.82, 2.24) is 0 Å². The van der Waals surface area contributed by atoms with Crippen LogP contribution < -0.4 is 0 Å². The summed E-state index contributed by atoms with van der Waals surface area (Å²) >= 11 is 0. The van der Waals surface area contributed by atoms with Crippen LogP contribution in [0, 0.1) is 10.1 Å². The zero-order valence-electron chi connectivity index (χ0n) is 12.9. The number of methoxy groups -OCH3 is 1. The quantitative estimate of drug-likeness (QED) is 0.462. The van der Waals surface area contributed by atoms with E-state index in [1.54, 1.807) is 44.4 Å². The number of nitrogens with zero attached hydrogens (tertiary/aromatic N) is 1. The van der Waals surface area contributed by atoms with Crippen LogP contribution in [-0.2, 0) is 16.1 Å². The van der Waals surface area contributed by atoms with Crippen LogP contribution in [0.25, 0.3) is 0 Å². The SMILES string of the molecule is COCc1cccc(C(=O)O[C@@H](C)c2cccc([N+](=O)[O-])c2)c1. The van der Waals surface area contributed by atoms with Crippen LogP contribution in [0.4, 0.5) is 5.69 Å². The third-order valence-corrected chi connectivity index (χ3v) is 3.31. The number of rotatable bonds is 6. The highest BCUT2D eigenvalue weighted by atomic mass is 16.6. The molecule has 0 bridgehead atoms. The maximum Gasteiger partial charge on any atom is 0.338 e. The van der Waals surface area contributed by atoms with Gasteiger partial charge in [-0.2, -0.15) is 0 Å². The van der Waals surface area contributed by atoms with Gasteiger partial charge < -0.3 is 9.47 Å². The van der Waals surface area contributed by atoms with Crippen LogP contribution in [0.5, 0.6) is 0 Å². The third kappa shape index (κ3) is 4.37. The van der Waals surface area contributed by atoms with Crippen molar-refractivity contribution in [3.63, 3.8) is 0 Å². The van der Waals surface area contributed by atoms with Gasteiger partial charge in [-0.05, 0) is 30.2 Å². The third-order valence-electron chi connectivity index (χ3n) is 3.31. The van der Waals surface area contributed by atoms with Gasteiger partial charge in [0.2, 0.25) is 0 Å². The Morgan fingerprint density at radius 3 is 2.65 bits per heavy atom. The Labute approximate surface area is 133 Å². The van der Waals surface area contributed by atoms with Gasteiger partial charge in [-0.25, -0.2) is 4.79 Å². The molecule has 0 heterocycles. The molecule has 0 aliphatic heterocycles. The lowest BCUT2D eigenvalue weighted by molar-refractivity contribution is -0.385.